The van der Waals surface area contributed by atoms with Gasteiger partial charge in [-0.3, -0.25) is 19.1 Å². The van der Waals surface area contributed by atoms with E-state index in [9.17, 15) is 14.4 Å². The van der Waals surface area contributed by atoms with Crippen molar-refractivity contribution in [2.75, 3.05) is 5.32 Å². The zero-order valence-corrected chi connectivity index (χ0v) is 15.5. The van der Waals surface area contributed by atoms with E-state index in [0.717, 1.165) is 12.1 Å². The maximum atomic E-state index is 12.3. The second-order valence-electron chi connectivity index (χ2n) is 6.66. The summed E-state index contributed by atoms with van der Waals surface area (Å²) < 4.78 is 1.42. The number of nitrogens with zero attached hydrogens (tertiary/aromatic N) is 1. The molecule has 0 aliphatic heterocycles. The number of benzene rings is 2. The van der Waals surface area contributed by atoms with Gasteiger partial charge in [-0.15, -0.1) is 0 Å². The van der Waals surface area contributed by atoms with Gasteiger partial charge in [0.15, 0.2) is 0 Å². The number of rotatable bonds is 6. The number of anilines is 1. The molecule has 1 atom stereocenters. The van der Waals surface area contributed by atoms with Gasteiger partial charge in [-0.1, -0.05) is 38.1 Å². The Kier molecular flexibility index (Phi) is 5.54. The van der Waals surface area contributed by atoms with E-state index in [0.29, 0.717) is 16.8 Å². The maximum Gasteiger partial charge on any atom is 0.328 e. The molecule has 6 nitrogen and oxygen atoms in total. The molecular formula is C21H23N3O3. The third-order valence-electron chi connectivity index (χ3n) is 4.84. The number of hydrogen-bond acceptors (Lipinski definition) is 3. The average Bonchev–Trinajstić information content (AvgIpc) is 2.68. The minimum Gasteiger partial charge on any atom is -0.326 e. The molecule has 0 aliphatic carbocycles. The Morgan fingerprint density at radius 1 is 1.11 bits per heavy atom. The molecule has 0 spiro atoms. The summed E-state index contributed by atoms with van der Waals surface area (Å²) in [6, 6.07) is 14.7. The fourth-order valence-electron chi connectivity index (χ4n) is 3.03. The molecular weight excluding hydrogens is 342 g/mol. The van der Waals surface area contributed by atoms with Crippen LogP contribution in [0.4, 0.5) is 5.69 Å². The highest BCUT2D eigenvalue weighted by Gasteiger charge is 2.10. The second kappa shape index (κ2) is 8.03. The van der Waals surface area contributed by atoms with Crippen molar-refractivity contribution in [2.24, 2.45) is 0 Å². The molecule has 1 amide bonds. The Labute approximate surface area is 156 Å². The van der Waals surface area contributed by atoms with Crippen LogP contribution in [-0.2, 0) is 11.3 Å². The van der Waals surface area contributed by atoms with E-state index >= 15 is 0 Å². The molecule has 1 heterocycles. The fraction of sp³-hybridized carbons (Fsp3) is 0.286. The van der Waals surface area contributed by atoms with Crippen molar-refractivity contribution in [1.82, 2.24) is 9.55 Å². The van der Waals surface area contributed by atoms with Gasteiger partial charge in [-0.2, -0.15) is 0 Å². The Balaban J connectivity index is 1.70. The first-order valence-corrected chi connectivity index (χ1v) is 9.11. The number of hydrogen-bond donors (Lipinski definition) is 2. The lowest BCUT2D eigenvalue weighted by Crippen LogP contribution is -2.31. The van der Waals surface area contributed by atoms with Crippen molar-refractivity contribution in [3.63, 3.8) is 0 Å². The van der Waals surface area contributed by atoms with Crippen LogP contribution in [-0.4, -0.2) is 15.5 Å². The van der Waals surface area contributed by atoms with Gasteiger partial charge >= 0.3 is 5.69 Å². The highest BCUT2D eigenvalue weighted by Crippen LogP contribution is 2.20. The van der Waals surface area contributed by atoms with Gasteiger partial charge in [0, 0.05) is 18.7 Å². The third kappa shape index (κ3) is 4.16. The number of nitrogens with one attached hydrogen (secondary N) is 2. The summed E-state index contributed by atoms with van der Waals surface area (Å²) in [4.78, 5) is 38.6. The summed E-state index contributed by atoms with van der Waals surface area (Å²) >= 11 is 0. The molecule has 0 saturated heterocycles. The highest BCUT2D eigenvalue weighted by atomic mass is 16.2. The lowest BCUT2D eigenvalue weighted by atomic mass is 9.99. The summed E-state index contributed by atoms with van der Waals surface area (Å²) in [5.41, 5.74) is 1.56. The maximum absolute atomic E-state index is 12.3. The summed E-state index contributed by atoms with van der Waals surface area (Å²) in [6.07, 6.45) is 1.19. The third-order valence-corrected chi connectivity index (χ3v) is 4.84. The standard InChI is InChI=1S/C21H23N3O3/c1-3-14(2)15-8-10-16(11-9-15)22-19(25)12-13-24-18-7-5-4-6-17(18)20(26)23-21(24)27/h4-11,14H,3,12-13H2,1-2H3,(H,22,25)(H,23,26,27)/t14-/m1/s1. The van der Waals surface area contributed by atoms with E-state index in [1.165, 1.54) is 10.1 Å². The Morgan fingerprint density at radius 2 is 1.81 bits per heavy atom. The molecule has 3 aromatic rings. The SMILES string of the molecule is CC[C@@H](C)c1ccc(NC(=O)CCn2c(=O)[nH]c(=O)c3ccccc32)cc1. The number of amides is 1. The van der Waals surface area contributed by atoms with Crippen LogP contribution in [0.15, 0.2) is 58.1 Å². The molecule has 0 aliphatic rings. The minimum atomic E-state index is -0.510. The molecule has 140 valence electrons. The van der Waals surface area contributed by atoms with Crippen LogP contribution >= 0.6 is 0 Å². The van der Waals surface area contributed by atoms with E-state index in [1.807, 2.05) is 24.3 Å². The van der Waals surface area contributed by atoms with Gasteiger partial charge in [-0.05, 0) is 42.2 Å². The highest BCUT2D eigenvalue weighted by molar-refractivity contribution is 5.90. The molecule has 6 heteroatoms. The zero-order chi connectivity index (χ0) is 19.4. The molecule has 0 fully saturated rings. The van der Waals surface area contributed by atoms with Gasteiger partial charge in [0.05, 0.1) is 10.9 Å². The van der Waals surface area contributed by atoms with Crippen LogP contribution in [0.3, 0.4) is 0 Å². The second-order valence-corrected chi connectivity index (χ2v) is 6.66. The van der Waals surface area contributed by atoms with Crippen LogP contribution < -0.4 is 16.6 Å². The van der Waals surface area contributed by atoms with E-state index in [4.69, 9.17) is 0 Å². The molecule has 0 radical (unpaired) electrons. The molecule has 0 bridgehead atoms. The normalized spacial score (nSPS) is 12.1. The predicted molar refractivity (Wildman–Crippen MR) is 107 cm³/mol. The monoisotopic (exact) mass is 365 g/mol. The zero-order valence-electron chi connectivity index (χ0n) is 15.5. The number of carbonyl (C=O) groups excluding carboxylic acids is 1. The van der Waals surface area contributed by atoms with Crippen molar-refractivity contribution < 1.29 is 4.79 Å². The average molecular weight is 365 g/mol. The number of H-pyrrole nitrogens is 1. The van der Waals surface area contributed by atoms with Crippen molar-refractivity contribution in [2.45, 2.75) is 39.2 Å². The summed E-state index contributed by atoms with van der Waals surface area (Å²) in [5.74, 6) is 0.295. The lowest BCUT2D eigenvalue weighted by molar-refractivity contribution is -0.116. The quantitative estimate of drug-likeness (QED) is 0.703. The molecule has 1 aromatic heterocycles. The largest absolute Gasteiger partial charge is 0.328 e. The van der Waals surface area contributed by atoms with Gasteiger partial charge in [0.25, 0.3) is 5.56 Å². The first-order valence-electron chi connectivity index (χ1n) is 9.11. The molecule has 2 aromatic carbocycles. The van der Waals surface area contributed by atoms with Gasteiger partial charge in [-0.25, -0.2) is 4.79 Å². The number of para-hydroxylation sites is 1. The molecule has 0 unspecified atom stereocenters. The number of aromatic amines is 1. The summed E-state index contributed by atoms with van der Waals surface area (Å²) in [5, 5.41) is 3.28. The van der Waals surface area contributed by atoms with Gasteiger partial charge in [0.1, 0.15) is 0 Å². The van der Waals surface area contributed by atoms with Gasteiger partial charge < -0.3 is 5.32 Å². The summed E-state index contributed by atoms with van der Waals surface area (Å²) in [6.45, 7) is 4.50. The van der Waals surface area contributed by atoms with E-state index in [2.05, 4.69) is 24.1 Å². The van der Waals surface area contributed by atoms with E-state index < -0.39 is 11.2 Å². The van der Waals surface area contributed by atoms with Crippen LogP contribution in [0.25, 0.3) is 10.9 Å². The minimum absolute atomic E-state index is 0.128. The number of aromatic nitrogens is 2. The number of fused-ring (bicyclic) bond motifs is 1. The predicted octanol–water partition coefficient (Wildman–Crippen LogP) is 3.23. The first-order chi connectivity index (χ1) is 13.0. The molecule has 3 rings (SSSR count). The number of aryl methyl sites for hydroxylation is 1. The topological polar surface area (TPSA) is 84.0 Å². The van der Waals surface area contributed by atoms with Crippen molar-refractivity contribution in [1.29, 1.82) is 0 Å². The molecule has 0 saturated carbocycles. The van der Waals surface area contributed by atoms with E-state index in [-0.39, 0.29) is 18.9 Å². The fourth-order valence-corrected chi connectivity index (χ4v) is 3.03. The molecule has 2 N–H and O–H groups in total. The van der Waals surface area contributed by atoms with Gasteiger partial charge in [0.2, 0.25) is 5.91 Å². The van der Waals surface area contributed by atoms with Crippen LogP contribution in [0.2, 0.25) is 0 Å². The van der Waals surface area contributed by atoms with Crippen molar-refractivity contribution in [3.8, 4) is 0 Å². The molecule has 27 heavy (non-hydrogen) atoms. The van der Waals surface area contributed by atoms with Crippen LogP contribution in [0, 0.1) is 0 Å². The number of carbonyl (C=O) groups is 1. The Bertz CT molecular complexity index is 1060. The smallest absolute Gasteiger partial charge is 0.326 e. The Morgan fingerprint density at radius 3 is 2.52 bits per heavy atom. The summed E-state index contributed by atoms with van der Waals surface area (Å²) in [7, 11) is 0. The lowest BCUT2D eigenvalue weighted by Gasteiger charge is -2.11. The van der Waals surface area contributed by atoms with Crippen molar-refractivity contribution >= 4 is 22.5 Å². The van der Waals surface area contributed by atoms with Crippen LogP contribution in [0.5, 0.6) is 0 Å². The Hall–Kier alpha value is -3.15. The van der Waals surface area contributed by atoms with Crippen molar-refractivity contribution in [3.05, 3.63) is 74.9 Å². The van der Waals surface area contributed by atoms with Crippen LogP contribution in [0.1, 0.15) is 38.2 Å². The first kappa shape index (κ1) is 18.6. The van der Waals surface area contributed by atoms with E-state index in [1.54, 1.807) is 24.3 Å².